The van der Waals surface area contributed by atoms with E-state index in [2.05, 4.69) is 16.8 Å². The first kappa shape index (κ1) is 14.2. The summed E-state index contributed by atoms with van der Waals surface area (Å²) >= 11 is 15.3. The summed E-state index contributed by atoms with van der Waals surface area (Å²) < 4.78 is 0. The molecule has 0 amide bonds. The van der Waals surface area contributed by atoms with E-state index in [1.54, 1.807) is 23.1 Å². The highest BCUT2D eigenvalue weighted by Crippen LogP contribution is 2.39. The van der Waals surface area contributed by atoms with Crippen LogP contribution < -0.4 is 5.73 Å². The minimum atomic E-state index is 0.0686. The molecule has 0 saturated heterocycles. The van der Waals surface area contributed by atoms with Gasteiger partial charge >= 0.3 is 0 Å². The number of benzene rings is 1. The van der Waals surface area contributed by atoms with Gasteiger partial charge in [0.2, 0.25) is 0 Å². The minimum absolute atomic E-state index is 0.0686. The van der Waals surface area contributed by atoms with E-state index >= 15 is 0 Å². The number of halogens is 2. The van der Waals surface area contributed by atoms with Crippen LogP contribution in [0.2, 0.25) is 10.0 Å². The second kappa shape index (κ2) is 6.31. The van der Waals surface area contributed by atoms with Gasteiger partial charge in [-0.2, -0.15) is 11.3 Å². The van der Waals surface area contributed by atoms with Crippen molar-refractivity contribution in [2.45, 2.75) is 23.1 Å². The molecule has 0 bridgehead atoms. The van der Waals surface area contributed by atoms with Crippen molar-refractivity contribution in [2.24, 2.45) is 5.73 Å². The smallest absolute Gasteiger partial charge is 0.0603 e. The van der Waals surface area contributed by atoms with Gasteiger partial charge in [-0.3, -0.25) is 0 Å². The Balaban J connectivity index is 2.21. The Labute approximate surface area is 125 Å². The molecular formula is C13H13Cl2NS2. The van der Waals surface area contributed by atoms with Crippen molar-refractivity contribution in [1.29, 1.82) is 0 Å². The van der Waals surface area contributed by atoms with E-state index in [-0.39, 0.29) is 11.3 Å². The van der Waals surface area contributed by atoms with Gasteiger partial charge in [0.05, 0.1) is 15.3 Å². The van der Waals surface area contributed by atoms with Gasteiger partial charge in [-0.1, -0.05) is 23.2 Å². The van der Waals surface area contributed by atoms with Crippen molar-refractivity contribution in [3.8, 4) is 0 Å². The second-order valence-electron chi connectivity index (χ2n) is 4.03. The van der Waals surface area contributed by atoms with Crippen molar-refractivity contribution in [3.63, 3.8) is 0 Å². The zero-order valence-corrected chi connectivity index (χ0v) is 12.9. The van der Waals surface area contributed by atoms with Crippen molar-refractivity contribution in [3.05, 3.63) is 50.6 Å². The molecule has 0 aliphatic carbocycles. The summed E-state index contributed by atoms with van der Waals surface area (Å²) in [6.45, 7) is 2.02. The fourth-order valence-electron chi connectivity index (χ4n) is 1.61. The molecule has 5 heteroatoms. The zero-order valence-electron chi connectivity index (χ0n) is 9.77. The zero-order chi connectivity index (χ0) is 13.1. The standard InChI is InChI=1S/C13H13Cl2NS2/c1-8(16)13(9-4-5-17-7-9)18-10-2-3-11(14)12(15)6-10/h2-8,13H,16H2,1H3. The van der Waals surface area contributed by atoms with E-state index in [1.165, 1.54) is 5.56 Å². The van der Waals surface area contributed by atoms with Crippen LogP contribution >= 0.6 is 46.3 Å². The predicted molar refractivity (Wildman–Crippen MR) is 83.0 cm³/mol. The molecule has 0 saturated carbocycles. The Hall–Kier alpha value is -0.190. The molecule has 0 aliphatic heterocycles. The Bertz CT molecular complexity index is 512. The SMILES string of the molecule is CC(N)C(Sc1ccc(Cl)c(Cl)c1)c1ccsc1. The lowest BCUT2D eigenvalue weighted by molar-refractivity contribution is 0.723. The van der Waals surface area contributed by atoms with Crippen LogP contribution in [0.4, 0.5) is 0 Å². The van der Waals surface area contributed by atoms with Gasteiger partial charge < -0.3 is 5.73 Å². The van der Waals surface area contributed by atoms with E-state index in [0.717, 1.165) is 4.90 Å². The Kier molecular flexibility index (Phi) is 4.98. The number of thiophene rings is 1. The van der Waals surface area contributed by atoms with Gasteiger partial charge in [0, 0.05) is 10.9 Å². The molecule has 2 rings (SSSR count). The third-order valence-corrected chi connectivity index (χ3v) is 5.43. The molecule has 2 aromatic rings. The molecule has 18 heavy (non-hydrogen) atoms. The predicted octanol–water partition coefficient (Wildman–Crippen LogP) is 5.24. The van der Waals surface area contributed by atoms with Crippen LogP contribution in [-0.2, 0) is 0 Å². The largest absolute Gasteiger partial charge is 0.327 e. The van der Waals surface area contributed by atoms with Crippen molar-refractivity contribution in [1.82, 2.24) is 0 Å². The van der Waals surface area contributed by atoms with Crippen LogP contribution in [0.1, 0.15) is 17.7 Å². The lowest BCUT2D eigenvalue weighted by Crippen LogP contribution is -2.22. The van der Waals surface area contributed by atoms with Gasteiger partial charge in [-0.25, -0.2) is 0 Å². The lowest BCUT2D eigenvalue weighted by atomic mass is 10.1. The minimum Gasteiger partial charge on any atom is -0.327 e. The first-order chi connectivity index (χ1) is 8.58. The van der Waals surface area contributed by atoms with Crippen LogP contribution in [0, 0.1) is 0 Å². The van der Waals surface area contributed by atoms with Gasteiger partial charge in [-0.05, 0) is 47.5 Å². The molecule has 1 heterocycles. The molecule has 1 aromatic carbocycles. The van der Waals surface area contributed by atoms with Crippen molar-refractivity contribution < 1.29 is 0 Å². The highest BCUT2D eigenvalue weighted by molar-refractivity contribution is 7.99. The summed E-state index contributed by atoms with van der Waals surface area (Å²) in [4.78, 5) is 1.08. The quantitative estimate of drug-likeness (QED) is 0.781. The number of nitrogens with two attached hydrogens (primary N) is 1. The first-order valence-corrected chi connectivity index (χ1v) is 8.05. The molecule has 96 valence electrons. The van der Waals surface area contributed by atoms with E-state index in [1.807, 2.05) is 25.1 Å². The maximum absolute atomic E-state index is 6.07. The average molecular weight is 318 g/mol. The summed E-state index contributed by atoms with van der Waals surface area (Å²) in [5.74, 6) is 0. The monoisotopic (exact) mass is 317 g/mol. The number of thioether (sulfide) groups is 1. The highest BCUT2D eigenvalue weighted by Gasteiger charge is 2.18. The van der Waals surface area contributed by atoms with E-state index in [4.69, 9.17) is 28.9 Å². The molecule has 0 fully saturated rings. The molecular weight excluding hydrogens is 305 g/mol. The summed E-state index contributed by atoms with van der Waals surface area (Å²) in [5.41, 5.74) is 7.32. The van der Waals surface area contributed by atoms with Gasteiger partial charge in [-0.15, -0.1) is 11.8 Å². The first-order valence-electron chi connectivity index (χ1n) is 5.47. The summed E-state index contributed by atoms with van der Waals surface area (Å²) in [6, 6.07) is 7.86. The van der Waals surface area contributed by atoms with Gasteiger partial charge in [0.15, 0.2) is 0 Å². The molecule has 2 unspecified atom stereocenters. The summed E-state index contributed by atoms with van der Waals surface area (Å²) in [7, 11) is 0. The lowest BCUT2D eigenvalue weighted by Gasteiger charge is -2.19. The number of rotatable bonds is 4. The summed E-state index contributed by atoms with van der Waals surface area (Å²) in [5, 5.41) is 5.59. The number of hydrogen-bond acceptors (Lipinski definition) is 3. The molecule has 0 spiro atoms. The van der Waals surface area contributed by atoms with E-state index < -0.39 is 0 Å². The van der Waals surface area contributed by atoms with Crippen LogP contribution in [0.15, 0.2) is 39.9 Å². The van der Waals surface area contributed by atoms with Crippen LogP contribution in [0.25, 0.3) is 0 Å². The van der Waals surface area contributed by atoms with Gasteiger partial charge in [0.1, 0.15) is 0 Å². The fourth-order valence-corrected chi connectivity index (χ4v) is 3.88. The molecule has 1 aromatic heterocycles. The van der Waals surface area contributed by atoms with Crippen LogP contribution in [0.3, 0.4) is 0 Å². The van der Waals surface area contributed by atoms with Crippen LogP contribution in [0.5, 0.6) is 0 Å². The van der Waals surface area contributed by atoms with E-state index in [0.29, 0.717) is 10.0 Å². The third-order valence-electron chi connectivity index (χ3n) is 2.50. The third kappa shape index (κ3) is 3.43. The molecule has 1 nitrogen and oxygen atoms in total. The van der Waals surface area contributed by atoms with E-state index in [9.17, 15) is 0 Å². The molecule has 2 atom stereocenters. The Morgan fingerprint density at radius 3 is 2.56 bits per heavy atom. The Morgan fingerprint density at radius 2 is 2.00 bits per heavy atom. The normalized spacial score (nSPS) is 14.4. The highest BCUT2D eigenvalue weighted by atomic mass is 35.5. The molecule has 0 radical (unpaired) electrons. The fraction of sp³-hybridized carbons (Fsp3) is 0.231. The second-order valence-corrected chi connectivity index (χ2v) is 6.84. The number of hydrogen-bond donors (Lipinski definition) is 1. The Morgan fingerprint density at radius 1 is 1.22 bits per heavy atom. The van der Waals surface area contributed by atoms with Crippen molar-refractivity contribution in [2.75, 3.05) is 0 Å². The topological polar surface area (TPSA) is 26.0 Å². The average Bonchev–Trinajstić information content (AvgIpc) is 2.83. The maximum atomic E-state index is 6.07. The molecule has 2 N–H and O–H groups in total. The maximum Gasteiger partial charge on any atom is 0.0603 e. The molecule has 0 aliphatic rings. The van der Waals surface area contributed by atoms with Crippen LogP contribution in [-0.4, -0.2) is 6.04 Å². The van der Waals surface area contributed by atoms with Crippen molar-refractivity contribution >= 4 is 46.3 Å². The summed E-state index contributed by atoms with van der Waals surface area (Å²) in [6.07, 6.45) is 0. The van der Waals surface area contributed by atoms with Gasteiger partial charge in [0.25, 0.3) is 0 Å².